The third kappa shape index (κ3) is 3.09. The van der Waals surface area contributed by atoms with Crippen LogP contribution in [0.4, 0.5) is 0 Å². The summed E-state index contributed by atoms with van der Waals surface area (Å²) >= 11 is 0. The maximum atomic E-state index is 12.6. The third-order valence-corrected chi connectivity index (χ3v) is 5.32. The van der Waals surface area contributed by atoms with Gasteiger partial charge in [0.2, 0.25) is 10.0 Å². The minimum absolute atomic E-state index is 0.186. The second-order valence-corrected chi connectivity index (χ2v) is 6.58. The molecular weight excluding hydrogens is 278 g/mol. The normalized spacial score (nSPS) is 17.0. The molecule has 20 heavy (non-hydrogen) atoms. The molecule has 1 aromatic rings. The van der Waals surface area contributed by atoms with E-state index in [4.69, 9.17) is 4.74 Å². The quantitative estimate of drug-likeness (QED) is 0.828. The highest BCUT2D eigenvalue weighted by Crippen LogP contribution is 2.23. The average Bonchev–Trinajstić information content (AvgIpc) is 2.48. The fourth-order valence-corrected chi connectivity index (χ4v) is 3.85. The largest absolute Gasteiger partial charge is 0.392 e. The molecule has 0 atom stereocenters. The summed E-state index contributed by atoms with van der Waals surface area (Å²) < 4.78 is 31.7. The van der Waals surface area contributed by atoms with Gasteiger partial charge in [0, 0.05) is 20.2 Å². The first-order valence-electron chi connectivity index (χ1n) is 6.45. The molecule has 0 aromatic heterocycles. The Morgan fingerprint density at radius 3 is 2.70 bits per heavy atom. The predicted octanol–water partition coefficient (Wildman–Crippen LogP) is 1.15. The third-order valence-electron chi connectivity index (χ3n) is 3.36. The summed E-state index contributed by atoms with van der Waals surface area (Å²) in [5.74, 6) is 0. The van der Waals surface area contributed by atoms with Gasteiger partial charge in [0.1, 0.15) is 0 Å². The Kier molecular flexibility index (Phi) is 4.93. The van der Waals surface area contributed by atoms with E-state index < -0.39 is 10.0 Å². The molecule has 1 aliphatic heterocycles. The minimum Gasteiger partial charge on any atom is -0.392 e. The molecule has 1 aliphatic rings. The molecule has 1 heterocycles. The van der Waals surface area contributed by atoms with Crippen LogP contribution in [0, 0.1) is 0 Å². The van der Waals surface area contributed by atoms with E-state index in [2.05, 4.69) is 0 Å². The molecule has 0 fully saturated rings. The molecule has 0 amide bonds. The zero-order valence-corrected chi connectivity index (χ0v) is 12.3. The number of aliphatic hydroxyl groups is 1. The van der Waals surface area contributed by atoms with Gasteiger partial charge in [-0.25, -0.2) is 8.42 Å². The highest BCUT2D eigenvalue weighted by molar-refractivity contribution is 7.89. The van der Waals surface area contributed by atoms with Crippen LogP contribution in [0.3, 0.4) is 0 Å². The van der Waals surface area contributed by atoms with Crippen molar-refractivity contribution in [2.45, 2.75) is 17.9 Å². The van der Waals surface area contributed by atoms with Crippen molar-refractivity contribution >= 4 is 10.0 Å². The van der Waals surface area contributed by atoms with E-state index in [1.807, 2.05) is 6.08 Å². The van der Waals surface area contributed by atoms with Crippen LogP contribution in [0.15, 0.2) is 40.8 Å². The lowest BCUT2D eigenvalue weighted by molar-refractivity contribution is 0.219. The van der Waals surface area contributed by atoms with Gasteiger partial charge in [0.25, 0.3) is 0 Å². The average molecular weight is 297 g/mol. The Morgan fingerprint density at radius 1 is 1.35 bits per heavy atom. The molecule has 110 valence electrons. The number of benzene rings is 1. The van der Waals surface area contributed by atoms with Gasteiger partial charge >= 0.3 is 0 Å². The zero-order valence-electron chi connectivity index (χ0n) is 11.4. The van der Waals surface area contributed by atoms with Crippen molar-refractivity contribution < 1.29 is 18.3 Å². The van der Waals surface area contributed by atoms with E-state index in [0.717, 1.165) is 5.57 Å². The standard InChI is InChI=1S/C14H19NO4S/c1-19-11-12-6-8-15(9-7-12)20(17,18)14-5-3-2-4-13(14)10-16/h2-6,16H,7-11H2,1H3. The molecule has 2 rings (SSSR count). The Bertz CT molecular complexity index is 595. The summed E-state index contributed by atoms with van der Waals surface area (Å²) in [6, 6.07) is 6.55. The van der Waals surface area contributed by atoms with Gasteiger partial charge in [-0.05, 0) is 23.6 Å². The van der Waals surface area contributed by atoms with Crippen molar-refractivity contribution in [1.82, 2.24) is 4.31 Å². The van der Waals surface area contributed by atoms with Gasteiger partial charge < -0.3 is 9.84 Å². The summed E-state index contributed by atoms with van der Waals surface area (Å²) in [5, 5.41) is 9.28. The fourth-order valence-electron chi connectivity index (χ4n) is 2.25. The molecule has 0 saturated heterocycles. The maximum absolute atomic E-state index is 12.6. The molecule has 0 unspecified atom stereocenters. The summed E-state index contributed by atoms with van der Waals surface area (Å²) in [4.78, 5) is 0.186. The van der Waals surface area contributed by atoms with Crippen LogP contribution >= 0.6 is 0 Å². The molecule has 1 N–H and O–H groups in total. The zero-order chi connectivity index (χ0) is 14.6. The number of aliphatic hydroxyl groups excluding tert-OH is 1. The number of methoxy groups -OCH3 is 1. The van der Waals surface area contributed by atoms with Crippen LogP contribution in [0.5, 0.6) is 0 Å². The lowest BCUT2D eigenvalue weighted by Crippen LogP contribution is -2.35. The molecule has 0 spiro atoms. The van der Waals surface area contributed by atoms with Crippen LogP contribution in [0.1, 0.15) is 12.0 Å². The van der Waals surface area contributed by atoms with Crippen LogP contribution in [-0.2, 0) is 21.4 Å². The van der Waals surface area contributed by atoms with Gasteiger partial charge in [0.05, 0.1) is 18.1 Å². The summed E-state index contributed by atoms with van der Waals surface area (Å²) in [5.41, 5.74) is 1.55. The summed E-state index contributed by atoms with van der Waals surface area (Å²) in [7, 11) is -1.93. The Balaban J connectivity index is 2.24. The second kappa shape index (κ2) is 6.49. The second-order valence-electron chi connectivity index (χ2n) is 4.67. The van der Waals surface area contributed by atoms with Gasteiger partial charge in [-0.2, -0.15) is 4.31 Å². The van der Waals surface area contributed by atoms with Crippen LogP contribution in [0.2, 0.25) is 0 Å². The first-order chi connectivity index (χ1) is 9.59. The minimum atomic E-state index is -3.56. The van der Waals surface area contributed by atoms with Crippen molar-refractivity contribution in [3.8, 4) is 0 Å². The number of ether oxygens (including phenoxy) is 1. The number of hydrogen-bond acceptors (Lipinski definition) is 4. The van der Waals surface area contributed by atoms with Gasteiger partial charge in [-0.15, -0.1) is 0 Å². The molecular formula is C14H19NO4S. The van der Waals surface area contributed by atoms with E-state index in [1.54, 1.807) is 25.3 Å². The first kappa shape index (κ1) is 15.2. The highest BCUT2D eigenvalue weighted by Gasteiger charge is 2.27. The van der Waals surface area contributed by atoms with E-state index in [-0.39, 0.29) is 11.5 Å². The molecule has 5 nitrogen and oxygen atoms in total. The molecule has 0 radical (unpaired) electrons. The lowest BCUT2D eigenvalue weighted by atomic mass is 10.1. The van der Waals surface area contributed by atoms with E-state index in [0.29, 0.717) is 31.7 Å². The summed E-state index contributed by atoms with van der Waals surface area (Å²) in [6.45, 7) is 1.05. The SMILES string of the molecule is COCC1=CCN(S(=O)(=O)c2ccccc2CO)CC1. The predicted molar refractivity (Wildman–Crippen MR) is 75.7 cm³/mol. The van der Waals surface area contributed by atoms with Gasteiger partial charge in [0.15, 0.2) is 0 Å². The van der Waals surface area contributed by atoms with Crippen LogP contribution in [-0.4, -0.2) is 44.6 Å². The molecule has 0 saturated carbocycles. The maximum Gasteiger partial charge on any atom is 0.243 e. The van der Waals surface area contributed by atoms with E-state index in [9.17, 15) is 13.5 Å². The van der Waals surface area contributed by atoms with Crippen molar-refractivity contribution in [2.75, 3.05) is 26.8 Å². The Labute approximate surface area is 119 Å². The van der Waals surface area contributed by atoms with Gasteiger partial charge in [-0.1, -0.05) is 24.3 Å². The van der Waals surface area contributed by atoms with Crippen LogP contribution in [0.25, 0.3) is 0 Å². The van der Waals surface area contributed by atoms with Crippen LogP contribution < -0.4 is 0 Å². The van der Waals surface area contributed by atoms with Crippen molar-refractivity contribution in [1.29, 1.82) is 0 Å². The smallest absolute Gasteiger partial charge is 0.243 e. The first-order valence-corrected chi connectivity index (χ1v) is 7.89. The topological polar surface area (TPSA) is 66.8 Å². The fraction of sp³-hybridized carbons (Fsp3) is 0.429. The Morgan fingerprint density at radius 2 is 2.10 bits per heavy atom. The van der Waals surface area contributed by atoms with Crippen molar-refractivity contribution in [2.24, 2.45) is 0 Å². The van der Waals surface area contributed by atoms with Crippen molar-refractivity contribution in [3.05, 3.63) is 41.5 Å². The number of rotatable bonds is 5. The van der Waals surface area contributed by atoms with E-state index in [1.165, 1.54) is 10.4 Å². The highest BCUT2D eigenvalue weighted by atomic mass is 32.2. The molecule has 0 aliphatic carbocycles. The molecule has 0 bridgehead atoms. The number of nitrogens with zero attached hydrogens (tertiary/aromatic N) is 1. The van der Waals surface area contributed by atoms with E-state index >= 15 is 0 Å². The number of hydrogen-bond donors (Lipinski definition) is 1. The van der Waals surface area contributed by atoms with Gasteiger partial charge in [-0.3, -0.25) is 0 Å². The summed E-state index contributed by atoms with van der Waals surface area (Å²) in [6.07, 6.45) is 2.57. The lowest BCUT2D eigenvalue weighted by Gasteiger charge is -2.26. The monoisotopic (exact) mass is 297 g/mol. The van der Waals surface area contributed by atoms with Crippen molar-refractivity contribution in [3.63, 3.8) is 0 Å². The molecule has 6 heteroatoms. The molecule has 1 aromatic carbocycles. The Hall–Kier alpha value is -1.21. The number of sulfonamides is 1.